The predicted octanol–water partition coefficient (Wildman–Crippen LogP) is 3.46. The number of rotatable bonds is 4. The molecule has 0 aliphatic carbocycles. The Labute approximate surface area is 187 Å². The van der Waals surface area contributed by atoms with Gasteiger partial charge in [0.2, 0.25) is 5.91 Å². The van der Waals surface area contributed by atoms with Crippen LogP contribution < -0.4 is 5.56 Å². The van der Waals surface area contributed by atoms with Gasteiger partial charge in [0.05, 0.1) is 17.2 Å². The summed E-state index contributed by atoms with van der Waals surface area (Å²) in [5.41, 5.74) is 0.820. The number of benzene rings is 2. The number of halogens is 1. The fourth-order valence-electron chi connectivity index (χ4n) is 4.01. The normalized spacial score (nSPS) is 16.4. The molecule has 7 nitrogen and oxygen atoms in total. The summed E-state index contributed by atoms with van der Waals surface area (Å²) in [6, 6.07) is 13.6. The summed E-state index contributed by atoms with van der Waals surface area (Å²) in [6.45, 7) is 1.07. The Morgan fingerprint density at radius 3 is 2.81 bits per heavy atom. The molecule has 1 aliphatic heterocycles. The molecule has 1 aliphatic rings. The standard InChI is InChI=1S/C23H20FN5O2S/c24-18-9-3-1-7-16(18)22-27-26-21(32-22)15-6-5-11-28(12-15)20(30)13-29-14-25-19-10-4-2-8-17(19)23(29)31/h1-4,7-10,14-15H,5-6,11-13H2. The lowest BCUT2D eigenvalue weighted by Gasteiger charge is -2.31. The van der Waals surface area contributed by atoms with Gasteiger partial charge in [-0.2, -0.15) is 0 Å². The Morgan fingerprint density at radius 2 is 1.94 bits per heavy atom. The molecule has 0 radical (unpaired) electrons. The van der Waals surface area contributed by atoms with Gasteiger partial charge >= 0.3 is 0 Å². The Morgan fingerprint density at radius 1 is 1.12 bits per heavy atom. The van der Waals surface area contributed by atoms with Crippen LogP contribution in [-0.2, 0) is 11.3 Å². The van der Waals surface area contributed by atoms with Crippen molar-refractivity contribution in [1.82, 2.24) is 24.6 Å². The van der Waals surface area contributed by atoms with Gasteiger partial charge in [-0.3, -0.25) is 14.2 Å². The van der Waals surface area contributed by atoms with Crippen molar-refractivity contribution in [3.63, 3.8) is 0 Å². The Hall–Kier alpha value is -3.46. The minimum atomic E-state index is -0.329. The molecule has 0 spiro atoms. The molecular formula is C23H20FN5O2S. The molecule has 0 bridgehead atoms. The quantitative estimate of drug-likeness (QED) is 0.477. The lowest BCUT2D eigenvalue weighted by atomic mass is 9.99. The highest BCUT2D eigenvalue weighted by molar-refractivity contribution is 7.14. The van der Waals surface area contributed by atoms with Gasteiger partial charge in [-0.1, -0.05) is 35.6 Å². The fraction of sp³-hybridized carbons (Fsp3) is 0.261. The van der Waals surface area contributed by atoms with E-state index in [1.54, 1.807) is 41.3 Å². The van der Waals surface area contributed by atoms with Gasteiger partial charge in [-0.05, 0) is 37.1 Å². The lowest BCUT2D eigenvalue weighted by Crippen LogP contribution is -2.42. The number of piperidine rings is 1. The molecule has 4 aromatic rings. The zero-order valence-corrected chi connectivity index (χ0v) is 18.0. The molecule has 1 atom stereocenters. The van der Waals surface area contributed by atoms with Crippen molar-refractivity contribution in [2.45, 2.75) is 25.3 Å². The topological polar surface area (TPSA) is 81.0 Å². The van der Waals surface area contributed by atoms with E-state index in [1.807, 2.05) is 6.07 Å². The van der Waals surface area contributed by atoms with Crippen LogP contribution in [0.3, 0.4) is 0 Å². The van der Waals surface area contributed by atoms with Crippen LogP contribution in [0.1, 0.15) is 23.8 Å². The first-order valence-electron chi connectivity index (χ1n) is 10.4. The largest absolute Gasteiger partial charge is 0.340 e. The summed E-state index contributed by atoms with van der Waals surface area (Å²) in [6.07, 6.45) is 3.14. The first-order valence-corrected chi connectivity index (χ1v) is 11.2. The van der Waals surface area contributed by atoms with Crippen molar-refractivity contribution in [2.75, 3.05) is 13.1 Å². The van der Waals surface area contributed by atoms with E-state index in [1.165, 1.54) is 28.3 Å². The van der Waals surface area contributed by atoms with E-state index >= 15 is 0 Å². The molecule has 1 saturated heterocycles. The fourth-order valence-corrected chi connectivity index (χ4v) is 5.01. The molecule has 162 valence electrons. The van der Waals surface area contributed by atoms with Crippen LogP contribution in [0.5, 0.6) is 0 Å². The van der Waals surface area contributed by atoms with Crippen LogP contribution in [0.4, 0.5) is 4.39 Å². The number of likely N-dealkylation sites (tertiary alicyclic amines) is 1. The van der Waals surface area contributed by atoms with E-state index in [-0.39, 0.29) is 29.7 Å². The van der Waals surface area contributed by atoms with Gasteiger partial charge < -0.3 is 4.90 Å². The third kappa shape index (κ3) is 3.91. The van der Waals surface area contributed by atoms with E-state index in [4.69, 9.17) is 0 Å². The Bertz CT molecular complexity index is 1350. The van der Waals surface area contributed by atoms with Crippen LogP contribution in [0.2, 0.25) is 0 Å². The number of carbonyl (C=O) groups excluding carboxylic acids is 1. The SMILES string of the molecule is O=C(Cn1cnc2ccccc2c1=O)N1CCCC(c2nnc(-c3ccccc3F)s2)C1. The van der Waals surface area contributed by atoms with Crippen LogP contribution in [0, 0.1) is 5.82 Å². The molecule has 1 fully saturated rings. The van der Waals surface area contributed by atoms with Gasteiger partial charge in [0, 0.05) is 24.6 Å². The minimum absolute atomic E-state index is 0.0390. The molecular weight excluding hydrogens is 429 g/mol. The van der Waals surface area contributed by atoms with Crippen molar-refractivity contribution in [3.05, 3.63) is 76.0 Å². The lowest BCUT2D eigenvalue weighted by molar-refractivity contribution is -0.133. The summed E-state index contributed by atoms with van der Waals surface area (Å²) in [7, 11) is 0. The summed E-state index contributed by atoms with van der Waals surface area (Å²) in [4.78, 5) is 31.7. The minimum Gasteiger partial charge on any atom is -0.340 e. The van der Waals surface area contributed by atoms with E-state index in [0.29, 0.717) is 34.6 Å². The van der Waals surface area contributed by atoms with Crippen molar-refractivity contribution in [1.29, 1.82) is 0 Å². The average molecular weight is 450 g/mol. The molecule has 3 heterocycles. The van der Waals surface area contributed by atoms with Crippen LogP contribution in [-0.4, -0.2) is 43.6 Å². The summed E-state index contributed by atoms with van der Waals surface area (Å²) < 4.78 is 15.4. The number of aromatic nitrogens is 4. The molecule has 5 rings (SSSR count). The summed E-state index contributed by atoms with van der Waals surface area (Å²) in [5, 5.41) is 10.3. The highest BCUT2D eigenvalue weighted by atomic mass is 32.1. The average Bonchev–Trinajstić information content (AvgIpc) is 3.31. The molecule has 0 saturated carbocycles. The van der Waals surface area contributed by atoms with Crippen LogP contribution in [0.15, 0.2) is 59.7 Å². The zero-order valence-electron chi connectivity index (χ0n) is 17.1. The second-order valence-corrected chi connectivity index (χ2v) is 8.81. The number of hydrogen-bond acceptors (Lipinski definition) is 6. The molecule has 9 heteroatoms. The Balaban J connectivity index is 1.31. The maximum atomic E-state index is 14.1. The highest BCUT2D eigenvalue weighted by Gasteiger charge is 2.28. The molecule has 32 heavy (non-hydrogen) atoms. The van der Waals surface area contributed by atoms with Crippen molar-refractivity contribution >= 4 is 28.1 Å². The molecule has 2 aromatic carbocycles. The molecule has 0 N–H and O–H groups in total. The first-order chi connectivity index (χ1) is 15.6. The predicted molar refractivity (Wildman–Crippen MR) is 120 cm³/mol. The van der Waals surface area contributed by atoms with Gasteiger partial charge in [0.15, 0.2) is 5.01 Å². The Kier molecular flexibility index (Phi) is 5.48. The number of carbonyl (C=O) groups is 1. The van der Waals surface area contributed by atoms with Crippen molar-refractivity contribution < 1.29 is 9.18 Å². The smallest absolute Gasteiger partial charge is 0.261 e. The second-order valence-electron chi connectivity index (χ2n) is 7.80. The third-order valence-electron chi connectivity index (χ3n) is 5.71. The van der Waals surface area contributed by atoms with Crippen LogP contribution >= 0.6 is 11.3 Å². The highest BCUT2D eigenvalue weighted by Crippen LogP contribution is 2.33. The van der Waals surface area contributed by atoms with E-state index in [0.717, 1.165) is 17.8 Å². The molecule has 1 unspecified atom stereocenters. The number of nitrogens with zero attached hydrogens (tertiary/aromatic N) is 5. The van der Waals surface area contributed by atoms with Gasteiger partial charge in [0.1, 0.15) is 17.4 Å². The van der Waals surface area contributed by atoms with E-state index in [9.17, 15) is 14.0 Å². The maximum Gasteiger partial charge on any atom is 0.261 e. The molecule has 1 amide bonds. The van der Waals surface area contributed by atoms with Crippen molar-refractivity contribution in [3.8, 4) is 10.6 Å². The van der Waals surface area contributed by atoms with Gasteiger partial charge in [-0.15, -0.1) is 10.2 Å². The third-order valence-corrected chi connectivity index (χ3v) is 6.82. The van der Waals surface area contributed by atoms with E-state index in [2.05, 4.69) is 15.2 Å². The van der Waals surface area contributed by atoms with Gasteiger partial charge in [0.25, 0.3) is 5.56 Å². The monoisotopic (exact) mass is 449 g/mol. The molecule has 2 aromatic heterocycles. The van der Waals surface area contributed by atoms with E-state index < -0.39 is 0 Å². The number of hydrogen-bond donors (Lipinski definition) is 0. The summed E-state index contributed by atoms with van der Waals surface area (Å²) >= 11 is 1.36. The summed E-state index contributed by atoms with van der Waals surface area (Å²) in [5.74, 6) is -0.421. The maximum absolute atomic E-state index is 14.1. The second kappa shape index (κ2) is 8.58. The number of para-hydroxylation sites is 1. The first kappa shape index (κ1) is 20.4. The van der Waals surface area contributed by atoms with Crippen LogP contribution in [0.25, 0.3) is 21.5 Å². The van der Waals surface area contributed by atoms with Gasteiger partial charge in [-0.25, -0.2) is 9.37 Å². The zero-order chi connectivity index (χ0) is 22.1. The van der Waals surface area contributed by atoms with Crippen molar-refractivity contribution in [2.24, 2.45) is 0 Å². The number of amides is 1. The number of fused-ring (bicyclic) bond motifs is 1.